The molecule has 0 aliphatic rings. The molecule has 0 fully saturated rings. The molecule has 9 heavy (non-hydrogen) atoms. The summed E-state index contributed by atoms with van der Waals surface area (Å²) in [5, 5.41) is 0. The summed E-state index contributed by atoms with van der Waals surface area (Å²) in [6.07, 6.45) is 0. The van der Waals surface area contributed by atoms with Gasteiger partial charge in [0.1, 0.15) is 0 Å². The quantitative estimate of drug-likeness (QED) is 0.550. The summed E-state index contributed by atoms with van der Waals surface area (Å²) in [6, 6.07) is 0. The largest absolute Gasteiger partial charge is 0.309 e. The third-order valence-electron chi connectivity index (χ3n) is 1.06. The average Bonchev–Trinajstić information content (AvgIpc) is 1.63. The molecular weight excluding hydrogens is 116 g/mol. The van der Waals surface area contributed by atoms with Crippen LogP contribution >= 0.6 is 0 Å². The molecule has 0 radical (unpaired) electrons. The standard InChI is InChI=1S/C6H16N2O/c1-6(5-9-7)4-8(2)3/h6H,4-5,7H2,1-3H3. The van der Waals surface area contributed by atoms with Crippen molar-refractivity contribution < 1.29 is 4.84 Å². The maximum Gasteiger partial charge on any atom is 0.0716 e. The molecule has 1 unspecified atom stereocenters. The van der Waals surface area contributed by atoms with E-state index in [1.165, 1.54) is 0 Å². The highest BCUT2D eigenvalue weighted by atomic mass is 16.6. The lowest BCUT2D eigenvalue weighted by molar-refractivity contribution is 0.0966. The van der Waals surface area contributed by atoms with Gasteiger partial charge in [-0.05, 0) is 20.0 Å². The zero-order valence-corrected chi connectivity index (χ0v) is 6.42. The fourth-order valence-corrected chi connectivity index (χ4v) is 0.840. The Morgan fingerprint density at radius 3 is 2.44 bits per heavy atom. The second kappa shape index (κ2) is 4.73. The van der Waals surface area contributed by atoms with Gasteiger partial charge in [0.25, 0.3) is 0 Å². The maximum absolute atomic E-state index is 4.89. The molecule has 0 aromatic carbocycles. The van der Waals surface area contributed by atoms with E-state index in [0.717, 1.165) is 6.54 Å². The van der Waals surface area contributed by atoms with E-state index in [4.69, 9.17) is 5.90 Å². The number of nitrogens with zero attached hydrogens (tertiary/aromatic N) is 1. The molecule has 0 aromatic heterocycles. The van der Waals surface area contributed by atoms with E-state index >= 15 is 0 Å². The van der Waals surface area contributed by atoms with Crippen molar-refractivity contribution in [3.63, 3.8) is 0 Å². The summed E-state index contributed by atoms with van der Waals surface area (Å²) in [5.74, 6) is 5.41. The van der Waals surface area contributed by atoms with Crippen LogP contribution in [0.15, 0.2) is 0 Å². The lowest BCUT2D eigenvalue weighted by atomic mass is 10.2. The van der Waals surface area contributed by atoms with Gasteiger partial charge in [-0.25, -0.2) is 5.90 Å². The Morgan fingerprint density at radius 2 is 2.11 bits per heavy atom. The Hall–Kier alpha value is -0.120. The van der Waals surface area contributed by atoms with Gasteiger partial charge in [-0.1, -0.05) is 6.92 Å². The molecule has 0 aliphatic carbocycles. The van der Waals surface area contributed by atoms with E-state index in [9.17, 15) is 0 Å². The number of hydrogen-bond acceptors (Lipinski definition) is 3. The van der Waals surface area contributed by atoms with Gasteiger partial charge in [-0.3, -0.25) is 0 Å². The van der Waals surface area contributed by atoms with Crippen LogP contribution in [0.25, 0.3) is 0 Å². The second-order valence-corrected chi connectivity index (χ2v) is 2.70. The number of rotatable bonds is 4. The monoisotopic (exact) mass is 132 g/mol. The fourth-order valence-electron chi connectivity index (χ4n) is 0.840. The molecule has 0 amide bonds. The molecule has 56 valence electrons. The van der Waals surface area contributed by atoms with Crippen LogP contribution in [0.5, 0.6) is 0 Å². The van der Waals surface area contributed by atoms with Crippen LogP contribution in [0.4, 0.5) is 0 Å². The summed E-state index contributed by atoms with van der Waals surface area (Å²) in [5.41, 5.74) is 0. The van der Waals surface area contributed by atoms with Crippen LogP contribution in [0.2, 0.25) is 0 Å². The molecule has 0 bridgehead atoms. The first-order valence-electron chi connectivity index (χ1n) is 3.13. The van der Waals surface area contributed by atoms with Gasteiger partial charge < -0.3 is 9.74 Å². The molecule has 3 nitrogen and oxygen atoms in total. The van der Waals surface area contributed by atoms with Crippen LogP contribution < -0.4 is 5.90 Å². The molecule has 0 aromatic rings. The van der Waals surface area contributed by atoms with E-state index < -0.39 is 0 Å². The molecule has 0 saturated heterocycles. The minimum Gasteiger partial charge on any atom is -0.309 e. The van der Waals surface area contributed by atoms with Crippen molar-refractivity contribution in [1.29, 1.82) is 0 Å². The van der Waals surface area contributed by atoms with Gasteiger partial charge in [-0.2, -0.15) is 0 Å². The Bertz CT molecular complexity index is 66.1. The molecule has 3 heteroatoms. The molecule has 1 atom stereocenters. The summed E-state index contributed by atoms with van der Waals surface area (Å²) in [4.78, 5) is 6.59. The number of nitrogens with two attached hydrogens (primary N) is 1. The van der Waals surface area contributed by atoms with E-state index in [-0.39, 0.29) is 0 Å². The summed E-state index contributed by atoms with van der Waals surface area (Å²) < 4.78 is 0. The van der Waals surface area contributed by atoms with Gasteiger partial charge in [0.2, 0.25) is 0 Å². The van der Waals surface area contributed by atoms with Crippen molar-refractivity contribution in [3.05, 3.63) is 0 Å². The average molecular weight is 132 g/mol. The summed E-state index contributed by atoms with van der Waals surface area (Å²) in [6.45, 7) is 3.77. The fraction of sp³-hybridized carbons (Fsp3) is 1.00. The van der Waals surface area contributed by atoms with Gasteiger partial charge >= 0.3 is 0 Å². The molecule has 2 N–H and O–H groups in total. The van der Waals surface area contributed by atoms with Crippen LogP contribution in [-0.2, 0) is 4.84 Å². The van der Waals surface area contributed by atoms with Crippen molar-refractivity contribution in [1.82, 2.24) is 4.90 Å². The van der Waals surface area contributed by atoms with Crippen molar-refractivity contribution in [3.8, 4) is 0 Å². The Kier molecular flexibility index (Phi) is 4.67. The first kappa shape index (κ1) is 8.88. The maximum atomic E-state index is 4.89. The zero-order valence-electron chi connectivity index (χ0n) is 6.42. The Morgan fingerprint density at radius 1 is 1.56 bits per heavy atom. The summed E-state index contributed by atoms with van der Waals surface area (Å²) >= 11 is 0. The molecular formula is C6H16N2O. The highest BCUT2D eigenvalue weighted by molar-refractivity contribution is 4.52. The van der Waals surface area contributed by atoms with E-state index in [1.807, 2.05) is 14.1 Å². The van der Waals surface area contributed by atoms with Crippen molar-refractivity contribution >= 4 is 0 Å². The van der Waals surface area contributed by atoms with Crippen molar-refractivity contribution in [2.24, 2.45) is 11.8 Å². The van der Waals surface area contributed by atoms with Crippen LogP contribution in [0.3, 0.4) is 0 Å². The minimum absolute atomic E-state index is 0.519. The first-order valence-corrected chi connectivity index (χ1v) is 3.13. The second-order valence-electron chi connectivity index (χ2n) is 2.70. The van der Waals surface area contributed by atoms with Gasteiger partial charge in [0.05, 0.1) is 6.61 Å². The predicted octanol–water partition coefficient (Wildman–Crippen LogP) is 0.0744. The zero-order chi connectivity index (χ0) is 7.28. The van der Waals surface area contributed by atoms with Crippen molar-refractivity contribution in [2.45, 2.75) is 6.92 Å². The number of hydrogen-bond donors (Lipinski definition) is 1. The molecule has 0 spiro atoms. The normalized spacial score (nSPS) is 14.3. The summed E-state index contributed by atoms with van der Waals surface area (Å²) in [7, 11) is 4.07. The third kappa shape index (κ3) is 5.76. The van der Waals surface area contributed by atoms with Gasteiger partial charge in [0.15, 0.2) is 0 Å². The van der Waals surface area contributed by atoms with E-state index in [0.29, 0.717) is 12.5 Å². The highest BCUT2D eigenvalue weighted by Crippen LogP contribution is 1.94. The molecule has 0 rings (SSSR count). The molecule has 0 aliphatic heterocycles. The lowest BCUT2D eigenvalue weighted by Gasteiger charge is -2.14. The topological polar surface area (TPSA) is 38.5 Å². The van der Waals surface area contributed by atoms with E-state index in [2.05, 4.69) is 16.7 Å². The van der Waals surface area contributed by atoms with E-state index in [1.54, 1.807) is 0 Å². The Labute approximate surface area is 56.7 Å². The lowest BCUT2D eigenvalue weighted by Crippen LogP contribution is -2.23. The van der Waals surface area contributed by atoms with Crippen LogP contribution in [0, 0.1) is 5.92 Å². The van der Waals surface area contributed by atoms with Crippen molar-refractivity contribution in [2.75, 3.05) is 27.2 Å². The molecule has 0 saturated carbocycles. The smallest absolute Gasteiger partial charge is 0.0716 e. The van der Waals surface area contributed by atoms with Crippen LogP contribution in [-0.4, -0.2) is 32.1 Å². The SMILES string of the molecule is CC(CON)CN(C)C. The third-order valence-corrected chi connectivity index (χ3v) is 1.06. The van der Waals surface area contributed by atoms with Crippen LogP contribution in [0.1, 0.15) is 6.92 Å². The first-order chi connectivity index (χ1) is 4.16. The van der Waals surface area contributed by atoms with Gasteiger partial charge in [-0.15, -0.1) is 0 Å². The minimum atomic E-state index is 0.519. The van der Waals surface area contributed by atoms with Gasteiger partial charge in [0, 0.05) is 6.54 Å². The Balaban J connectivity index is 3.15. The molecule has 0 heterocycles. The predicted molar refractivity (Wildman–Crippen MR) is 37.9 cm³/mol. The highest BCUT2D eigenvalue weighted by Gasteiger charge is 2.01.